The Morgan fingerprint density at radius 1 is 1.31 bits per heavy atom. The average Bonchev–Trinajstić information content (AvgIpc) is 2.47. The highest BCUT2D eigenvalue weighted by molar-refractivity contribution is 5.91. The van der Waals surface area contributed by atoms with Crippen LogP contribution >= 0.6 is 0 Å². The van der Waals surface area contributed by atoms with E-state index in [4.69, 9.17) is 0 Å². The highest BCUT2D eigenvalue weighted by Crippen LogP contribution is 2.33. The number of aromatic nitrogens is 1. The van der Waals surface area contributed by atoms with Crippen LogP contribution in [0.3, 0.4) is 0 Å². The molecule has 0 amide bonds. The number of benzene rings is 1. The van der Waals surface area contributed by atoms with Crippen LogP contribution in [0.15, 0.2) is 30.5 Å². The zero-order chi connectivity index (χ0) is 8.84. The lowest BCUT2D eigenvalue weighted by Crippen LogP contribution is -1.91. The second-order valence-corrected chi connectivity index (χ2v) is 3.18. The summed E-state index contributed by atoms with van der Waals surface area (Å²) in [6.45, 7) is 0.457. The Hall–Kier alpha value is -1.77. The Morgan fingerprint density at radius 2 is 2.23 bits per heavy atom. The molecule has 0 spiro atoms. The van der Waals surface area contributed by atoms with Crippen LogP contribution in [-0.2, 0) is 6.54 Å². The van der Waals surface area contributed by atoms with Gasteiger partial charge in [-0.1, -0.05) is 6.07 Å². The van der Waals surface area contributed by atoms with Crippen molar-refractivity contribution >= 4 is 16.6 Å². The summed E-state index contributed by atoms with van der Waals surface area (Å²) in [6.07, 6.45) is 1.75. The number of pyridine rings is 1. The lowest BCUT2D eigenvalue weighted by Gasteiger charge is -1.92. The van der Waals surface area contributed by atoms with E-state index in [0.29, 0.717) is 6.54 Å². The summed E-state index contributed by atoms with van der Waals surface area (Å²) in [5, 5.41) is 1.01. The SMILES string of the molecule is O=[N+]1Cc2ccnc3cccc1c23. The molecule has 0 unspecified atom stereocenters. The zero-order valence-corrected chi connectivity index (χ0v) is 6.90. The average molecular weight is 171 g/mol. The summed E-state index contributed by atoms with van der Waals surface area (Å²) in [5.41, 5.74) is 2.74. The van der Waals surface area contributed by atoms with Gasteiger partial charge in [0.2, 0.25) is 6.54 Å². The van der Waals surface area contributed by atoms with Crippen LogP contribution in [0.25, 0.3) is 10.9 Å². The molecule has 1 aromatic heterocycles. The molecule has 0 atom stereocenters. The topological polar surface area (TPSA) is 33.0 Å². The predicted molar refractivity (Wildman–Crippen MR) is 48.7 cm³/mol. The highest BCUT2D eigenvalue weighted by atomic mass is 16.3. The molecule has 3 rings (SSSR count). The first-order valence-electron chi connectivity index (χ1n) is 4.17. The van der Waals surface area contributed by atoms with Crippen LogP contribution in [0.5, 0.6) is 0 Å². The Morgan fingerprint density at radius 3 is 3.15 bits per heavy atom. The Balaban J connectivity index is 2.58. The summed E-state index contributed by atoms with van der Waals surface area (Å²) in [7, 11) is 0. The molecule has 0 aliphatic carbocycles. The van der Waals surface area contributed by atoms with Crippen LogP contribution < -0.4 is 0 Å². The third kappa shape index (κ3) is 0.758. The van der Waals surface area contributed by atoms with Crippen molar-refractivity contribution in [3.63, 3.8) is 0 Å². The van der Waals surface area contributed by atoms with Gasteiger partial charge < -0.3 is 0 Å². The fourth-order valence-electron chi connectivity index (χ4n) is 1.84. The minimum Gasteiger partial charge on any atom is -0.256 e. The fraction of sp³-hybridized carbons (Fsp3) is 0.100. The number of rotatable bonds is 0. The molecule has 62 valence electrons. The van der Waals surface area contributed by atoms with Gasteiger partial charge in [0.05, 0.1) is 10.9 Å². The van der Waals surface area contributed by atoms with Crippen molar-refractivity contribution in [2.75, 3.05) is 0 Å². The smallest absolute Gasteiger partial charge is 0.256 e. The summed E-state index contributed by atoms with van der Waals surface area (Å²) in [4.78, 5) is 15.6. The maximum absolute atomic E-state index is 11.4. The standard InChI is InChI=1S/C10H7N2O/c13-12-6-7-4-5-11-8-2-1-3-9(12)10(7)8/h1-5H,6H2/q+1. The van der Waals surface area contributed by atoms with Gasteiger partial charge in [0, 0.05) is 27.5 Å². The predicted octanol–water partition coefficient (Wildman–Crippen LogP) is 2.16. The number of hydrogen-bond acceptors (Lipinski definition) is 2. The van der Waals surface area contributed by atoms with Crippen molar-refractivity contribution < 1.29 is 4.76 Å². The normalized spacial score (nSPS) is 14.0. The van der Waals surface area contributed by atoms with Crippen molar-refractivity contribution in [3.8, 4) is 0 Å². The molecule has 1 aromatic carbocycles. The van der Waals surface area contributed by atoms with Crippen molar-refractivity contribution in [2.45, 2.75) is 6.54 Å². The largest absolute Gasteiger partial charge is 0.266 e. The van der Waals surface area contributed by atoms with Gasteiger partial charge in [-0.15, -0.1) is 0 Å². The quantitative estimate of drug-likeness (QED) is 0.569. The van der Waals surface area contributed by atoms with Gasteiger partial charge in [-0.2, -0.15) is 0 Å². The summed E-state index contributed by atoms with van der Waals surface area (Å²) < 4.78 is 1.01. The molecule has 3 heteroatoms. The van der Waals surface area contributed by atoms with E-state index in [0.717, 1.165) is 26.9 Å². The molecule has 13 heavy (non-hydrogen) atoms. The molecule has 0 saturated carbocycles. The van der Waals surface area contributed by atoms with Gasteiger partial charge >= 0.3 is 0 Å². The van der Waals surface area contributed by atoms with Crippen LogP contribution in [-0.4, -0.2) is 9.74 Å². The maximum atomic E-state index is 11.4. The molecule has 3 nitrogen and oxygen atoms in total. The fourth-order valence-corrected chi connectivity index (χ4v) is 1.84. The lowest BCUT2D eigenvalue weighted by molar-refractivity contribution is -0.472. The number of nitrogens with zero attached hydrogens (tertiary/aromatic N) is 2. The molecule has 1 aliphatic rings. The first-order chi connectivity index (χ1) is 6.36. The molecule has 0 fully saturated rings. The molecule has 1 aliphatic heterocycles. The maximum Gasteiger partial charge on any atom is 0.266 e. The second kappa shape index (κ2) is 2.13. The number of nitroso groups, excluding NO2 is 1. The molecule has 2 heterocycles. The summed E-state index contributed by atoms with van der Waals surface area (Å²) in [5.74, 6) is 0. The Labute approximate surface area is 74.6 Å². The minimum absolute atomic E-state index is 0.457. The zero-order valence-electron chi connectivity index (χ0n) is 6.90. The van der Waals surface area contributed by atoms with Gasteiger partial charge in [0.1, 0.15) is 0 Å². The van der Waals surface area contributed by atoms with Crippen molar-refractivity contribution in [2.24, 2.45) is 0 Å². The van der Waals surface area contributed by atoms with E-state index in [-0.39, 0.29) is 0 Å². The molecule has 0 radical (unpaired) electrons. The van der Waals surface area contributed by atoms with Crippen LogP contribution in [0.2, 0.25) is 0 Å². The number of hydrogen-bond donors (Lipinski definition) is 0. The first kappa shape index (κ1) is 6.71. The van der Waals surface area contributed by atoms with E-state index in [1.807, 2.05) is 24.3 Å². The monoisotopic (exact) mass is 171 g/mol. The van der Waals surface area contributed by atoms with Crippen molar-refractivity contribution in [1.29, 1.82) is 0 Å². The molecule has 0 bridgehead atoms. The lowest BCUT2D eigenvalue weighted by atomic mass is 10.1. The Kier molecular flexibility index (Phi) is 1.10. The molecule has 0 N–H and O–H groups in total. The third-order valence-electron chi connectivity index (χ3n) is 2.41. The minimum atomic E-state index is 0.457. The second-order valence-electron chi connectivity index (χ2n) is 3.18. The van der Waals surface area contributed by atoms with E-state index < -0.39 is 0 Å². The van der Waals surface area contributed by atoms with Crippen LogP contribution in [0, 0.1) is 4.91 Å². The van der Waals surface area contributed by atoms with E-state index in [1.54, 1.807) is 6.20 Å². The van der Waals surface area contributed by atoms with Crippen molar-refractivity contribution in [3.05, 3.63) is 40.9 Å². The van der Waals surface area contributed by atoms with Crippen LogP contribution in [0.4, 0.5) is 5.69 Å². The van der Waals surface area contributed by atoms with Gasteiger partial charge in [-0.05, 0) is 12.1 Å². The van der Waals surface area contributed by atoms with E-state index in [9.17, 15) is 4.91 Å². The van der Waals surface area contributed by atoms with Crippen molar-refractivity contribution in [1.82, 2.24) is 4.98 Å². The van der Waals surface area contributed by atoms with Crippen LogP contribution in [0.1, 0.15) is 5.56 Å². The van der Waals surface area contributed by atoms with E-state index in [1.165, 1.54) is 0 Å². The Bertz CT molecular complexity index is 514. The highest BCUT2D eigenvalue weighted by Gasteiger charge is 2.28. The molecule has 0 saturated heterocycles. The molecule has 2 aromatic rings. The third-order valence-corrected chi connectivity index (χ3v) is 2.41. The first-order valence-corrected chi connectivity index (χ1v) is 4.17. The van der Waals surface area contributed by atoms with Gasteiger partial charge in [-0.25, -0.2) is 0 Å². The van der Waals surface area contributed by atoms with Gasteiger partial charge in [0.25, 0.3) is 5.69 Å². The summed E-state index contributed by atoms with van der Waals surface area (Å²) in [6, 6.07) is 7.55. The van der Waals surface area contributed by atoms with Gasteiger partial charge in [-0.3, -0.25) is 4.98 Å². The van der Waals surface area contributed by atoms with E-state index >= 15 is 0 Å². The molecular formula is C10H7N2O+. The molecular weight excluding hydrogens is 164 g/mol. The summed E-state index contributed by atoms with van der Waals surface area (Å²) >= 11 is 0. The van der Waals surface area contributed by atoms with Gasteiger partial charge in [0.15, 0.2) is 0 Å². The van der Waals surface area contributed by atoms with E-state index in [2.05, 4.69) is 4.98 Å².